The summed E-state index contributed by atoms with van der Waals surface area (Å²) in [6.45, 7) is -1.48. The summed E-state index contributed by atoms with van der Waals surface area (Å²) in [6.07, 6.45) is 1.93. The van der Waals surface area contributed by atoms with Gasteiger partial charge in [-0.1, -0.05) is 12.2 Å². The summed E-state index contributed by atoms with van der Waals surface area (Å²) in [5.74, 6) is -1.67. The van der Waals surface area contributed by atoms with Crippen LogP contribution in [-0.4, -0.2) is 44.7 Å². The van der Waals surface area contributed by atoms with Gasteiger partial charge in [-0.25, -0.2) is 0 Å². The van der Waals surface area contributed by atoms with Gasteiger partial charge in [0.2, 0.25) is 5.91 Å². The molecule has 1 aromatic carbocycles. The van der Waals surface area contributed by atoms with Crippen molar-refractivity contribution in [3.63, 3.8) is 0 Å². The molecule has 0 aliphatic heterocycles. The van der Waals surface area contributed by atoms with Crippen molar-refractivity contribution in [1.29, 1.82) is 0 Å². The average molecular weight is 394 g/mol. The van der Waals surface area contributed by atoms with Gasteiger partial charge in [0.1, 0.15) is 6.54 Å². The van der Waals surface area contributed by atoms with Crippen LogP contribution < -0.4 is 10.6 Å². The number of rotatable bonds is 5. The van der Waals surface area contributed by atoms with Gasteiger partial charge in [-0.2, -0.15) is 13.2 Å². The molecule has 3 rings (SSSR count). The normalized spacial score (nSPS) is 16.6. The number of carbonyl (C=O) groups excluding carboxylic acids is 2. The maximum atomic E-state index is 12.2. The molecule has 2 amide bonds. The number of amides is 2. The van der Waals surface area contributed by atoms with Gasteiger partial charge in [-0.3, -0.25) is 9.59 Å². The Morgan fingerprint density at radius 1 is 1.18 bits per heavy atom. The molecule has 0 unspecified atom stereocenters. The second-order valence-electron chi connectivity index (χ2n) is 6.22. The van der Waals surface area contributed by atoms with E-state index in [2.05, 4.69) is 26.8 Å². The molecule has 1 aliphatic rings. The highest BCUT2D eigenvalue weighted by Gasteiger charge is 2.28. The Balaban J connectivity index is 1.60. The Labute approximate surface area is 157 Å². The lowest BCUT2D eigenvalue weighted by Gasteiger charge is -2.17. The number of tetrazole rings is 1. The Bertz CT molecular complexity index is 876. The third kappa shape index (κ3) is 5.15. The summed E-state index contributed by atoms with van der Waals surface area (Å²) < 4.78 is 36.4. The summed E-state index contributed by atoms with van der Waals surface area (Å²) in [5.41, 5.74) is 1.02. The first-order valence-electron chi connectivity index (χ1n) is 8.53. The molecule has 0 fully saturated rings. The van der Waals surface area contributed by atoms with Crippen LogP contribution in [0.4, 0.5) is 18.9 Å². The molecule has 28 heavy (non-hydrogen) atoms. The first kappa shape index (κ1) is 19.5. The Hall–Kier alpha value is -3.24. The highest BCUT2D eigenvalue weighted by atomic mass is 19.4. The Morgan fingerprint density at radius 3 is 2.57 bits per heavy atom. The van der Waals surface area contributed by atoms with Crippen LogP contribution in [0.25, 0.3) is 5.69 Å². The van der Waals surface area contributed by atoms with Crippen LogP contribution in [0, 0.1) is 5.92 Å². The molecule has 1 heterocycles. The minimum absolute atomic E-state index is 0.0559. The van der Waals surface area contributed by atoms with Crippen molar-refractivity contribution in [2.75, 3.05) is 11.9 Å². The maximum Gasteiger partial charge on any atom is 0.405 e. The van der Waals surface area contributed by atoms with Crippen molar-refractivity contribution in [1.82, 2.24) is 25.5 Å². The zero-order chi connectivity index (χ0) is 20.1. The number of hydrogen-bond acceptors (Lipinski definition) is 5. The summed E-state index contributed by atoms with van der Waals surface area (Å²) in [7, 11) is 0. The largest absolute Gasteiger partial charge is 0.405 e. The van der Waals surface area contributed by atoms with E-state index in [0.29, 0.717) is 17.8 Å². The number of anilines is 1. The van der Waals surface area contributed by atoms with Crippen LogP contribution in [0.2, 0.25) is 0 Å². The fourth-order valence-electron chi connectivity index (χ4n) is 2.63. The number of nitrogens with one attached hydrogen (secondary N) is 2. The lowest BCUT2D eigenvalue weighted by atomic mass is 9.93. The van der Waals surface area contributed by atoms with Crippen molar-refractivity contribution >= 4 is 17.5 Å². The predicted molar refractivity (Wildman–Crippen MR) is 92.7 cm³/mol. The number of benzene rings is 1. The van der Waals surface area contributed by atoms with Gasteiger partial charge in [0, 0.05) is 11.6 Å². The van der Waals surface area contributed by atoms with E-state index in [4.69, 9.17) is 0 Å². The molecule has 0 radical (unpaired) electrons. The minimum Gasteiger partial charge on any atom is -0.340 e. The summed E-state index contributed by atoms with van der Waals surface area (Å²) >= 11 is 0. The number of halogens is 3. The van der Waals surface area contributed by atoms with Gasteiger partial charge in [0.25, 0.3) is 11.7 Å². The number of aromatic nitrogens is 4. The fraction of sp³-hybridized carbons (Fsp3) is 0.353. The van der Waals surface area contributed by atoms with Crippen LogP contribution in [-0.2, 0) is 4.79 Å². The van der Waals surface area contributed by atoms with Crippen LogP contribution >= 0.6 is 0 Å². The van der Waals surface area contributed by atoms with E-state index in [1.165, 1.54) is 0 Å². The van der Waals surface area contributed by atoms with Crippen molar-refractivity contribution in [2.45, 2.75) is 25.4 Å². The summed E-state index contributed by atoms with van der Waals surface area (Å²) in [4.78, 5) is 24.9. The second-order valence-corrected chi connectivity index (χ2v) is 6.22. The van der Waals surface area contributed by atoms with Gasteiger partial charge in [0.15, 0.2) is 0 Å². The smallest absolute Gasteiger partial charge is 0.340 e. The quantitative estimate of drug-likeness (QED) is 0.758. The molecule has 2 aromatic rings. The molecule has 11 heteroatoms. The van der Waals surface area contributed by atoms with E-state index in [1.807, 2.05) is 6.08 Å². The van der Waals surface area contributed by atoms with E-state index < -0.39 is 24.5 Å². The number of hydrogen-bond donors (Lipinski definition) is 2. The zero-order valence-electron chi connectivity index (χ0n) is 14.6. The van der Waals surface area contributed by atoms with Crippen LogP contribution in [0.1, 0.15) is 29.9 Å². The SMILES string of the molecule is O=C(NCC(F)(F)F)c1nnn(-c2ccc(NC(=O)[C@@H]3CC=CCC3)cc2)n1. The topological polar surface area (TPSA) is 102 Å². The number of nitrogens with zero attached hydrogens (tertiary/aromatic N) is 4. The van der Waals surface area contributed by atoms with Gasteiger partial charge >= 0.3 is 6.18 Å². The van der Waals surface area contributed by atoms with E-state index in [9.17, 15) is 22.8 Å². The molecular formula is C17H17F3N6O2. The van der Waals surface area contributed by atoms with Gasteiger partial charge in [0.05, 0.1) is 5.69 Å². The van der Waals surface area contributed by atoms with Crippen molar-refractivity contribution in [3.05, 3.63) is 42.2 Å². The van der Waals surface area contributed by atoms with E-state index >= 15 is 0 Å². The van der Waals surface area contributed by atoms with Crippen LogP contribution in [0.5, 0.6) is 0 Å². The molecule has 148 valence electrons. The van der Waals surface area contributed by atoms with E-state index in [-0.39, 0.29) is 11.8 Å². The lowest BCUT2D eigenvalue weighted by Crippen LogP contribution is -2.34. The predicted octanol–water partition coefficient (Wildman–Crippen LogP) is 2.25. The van der Waals surface area contributed by atoms with Gasteiger partial charge in [-0.05, 0) is 48.7 Å². The third-order valence-corrected chi connectivity index (χ3v) is 4.07. The maximum absolute atomic E-state index is 12.2. The molecule has 0 saturated heterocycles. The monoisotopic (exact) mass is 394 g/mol. The first-order valence-corrected chi connectivity index (χ1v) is 8.53. The van der Waals surface area contributed by atoms with Gasteiger partial charge < -0.3 is 10.6 Å². The molecule has 0 saturated carbocycles. The van der Waals surface area contributed by atoms with Crippen LogP contribution in [0.15, 0.2) is 36.4 Å². The van der Waals surface area contributed by atoms with Crippen LogP contribution in [0.3, 0.4) is 0 Å². The molecule has 0 spiro atoms. The number of alkyl halides is 3. The second kappa shape index (κ2) is 8.19. The Kier molecular flexibility index (Phi) is 5.71. The Morgan fingerprint density at radius 2 is 1.93 bits per heavy atom. The number of allylic oxidation sites excluding steroid dienone is 2. The first-order chi connectivity index (χ1) is 13.3. The lowest BCUT2D eigenvalue weighted by molar-refractivity contribution is -0.123. The third-order valence-electron chi connectivity index (χ3n) is 4.07. The molecule has 8 nitrogen and oxygen atoms in total. The van der Waals surface area contributed by atoms with Crippen molar-refractivity contribution in [3.8, 4) is 5.69 Å². The summed E-state index contributed by atoms with van der Waals surface area (Å²) in [5, 5.41) is 15.4. The van der Waals surface area contributed by atoms with Crippen molar-refractivity contribution in [2.24, 2.45) is 5.92 Å². The number of carbonyl (C=O) groups is 2. The molecule has 2 N–H and O–H groups in total. The summed E-state index contributed by atoms with van der Waals surface area (Å²) in [6, 6.07) is 6.46. The van der Waals surface area contributed by atoms with E-state index in [0.717, 1.165) is 17.6 Å². The minimum atomic E-state index is -4.53. The van der Waals surface area contributed by atoms with Crippen molar-refractivity contribution < 1.29 is 22.8 Å². The molecule has 1 aromatic heterocycles. The highest BCUT2D eigenvalue weighted by Crippen LogP contribution is 2.21. The van der Waals surface area contributed by atoms with Gasteiger partial charge in [-0.15, -0.1) is 15.0 Å². The highest BCUT2D eigenvalue weighted by molar-refractivity contribution is 5.92. The zero-order valence-corrected chi connectivity index (χ0v) is 14.6. The molecule has 1 aliphatic carbocycles. The fourth-order valence-corrected chi connectivity index (χ4v) is 2.63. The molecule has 1 atom stereocenters. The van der Waals surface area contributed by atoms with E-state index in [1.54, 1.807) is 29.6 Å². The average Bonchev–Trinajstić information content (AvgIpc) is 3.17. The standard InChI is InChI=1S/C17H17F3N6O2/c18-17(19,20)10-21-16(28)14-23-25-26(24-14)13-8-6-12(7-9-13)22-15(27)11-4-2-1-3-5-11/h1-2,6-9,11H,3-5,10H2,(H,21,28)(H,22,27)/t11-/m1/s1. The molecule has 0 bridgehead atoms. The molecular weight excluding hydrogens is 377 g/mol.